The van der Waals surface area contributed by atoms with Gasteiger partial charge in [-0.2, -0.15) is 0 Å². The zero-order valence-corrected chi connectivity index (χ0v) is 17.7. The molecule has 0 aromatic rings. The van der Waals surface area contributed by atoms with Gasteiger partial charge in [0.25, 0.3) is 0 Å². The molecule has 0 amide bonds. The number of ether oxygens (including phenoxy) is 1. The normalized spacial score (nSPS) is 13.3. The smallest absolute Gasteiger partial charge is 0.484 e. The molecule has 0 aliphatic carbocycles. The van der Waals surface area contributed by atoms with E-state index in [1.807, 2.05) is 34.6 Å². The fourth-order valence-corrected chi connectivity index (χ4v) is 6.34. The van der Waals surface area contributed by atoms with Gasteiger partial charge in [0.15, 0.2) is 5.05 Å². The van der Waals surface area contributed by atoms with Crippen molar-refractivity contribution in [2.24, 2.45) is 0 Å². The van der Waals surface area contributed by atoms with E-state index in [1.165, 1.54) is 12.8 Å². The first-order valence-corrected chi connectivity index (χ1v) is 11.3. The molecule has 0 fully saturated rings. The summed E-state index contributed by atoms with van der Waals surface area (Å²) < 4.78 is 24.0. The summed E-state index contributed by atoms with van der Waals surface area (Å²) in [5.41, 5.74) is 0.167. The quantitative estimate of drug-likeness (QED) is 0.243. The first-order valence-electron chi connectivity index (χ1n) is 9.06. The molecule has 0 rings (SSSR count). The summed E-state index contributed by atoms with van der Waals surface area (Å²) in [6, 6.07) is 0. The highest BCUT2D eigenvalue weighted by atomic mass is 32.1. The standard InChI is InChI=1S/C17H36O4SSi/c1-7-11-12-13-16(14-17(22)21-15(5)6)23(18-8-2,19-9-3)20-10-4/h15-16H,7-14H2,1-6H3. The fraction of sp³-hybridized carbons (Fsp3) is 0.941. The molecule has 0 aliphatic heterocycles. The highest BCUT2D eigenvalue weighted by molar-refractivity contribution is 7.80. The molecule has 138 valence electrons. The molecular formula is C17H36O4SSi. The summed E-state index contributed by atoms with van der Waals surface area (Å²) in [7, 11) is -2.76. The van der Waals surface area contributed by atoms with Crippen molar-refractivity contribution in [2.45, 2.75) is 85.3 Å². The van der Waals surface area contributed by atoms with Gasteiger partial charge in [-0.05, 0) is 53.3 Å². The molecule has 1 atom stereocenters. The molecule has 6 heteroatoms. The monoisotopic (exact) mass is 364 g/mol. The molecule has 23 heavy (non-hydrogen) atoms. The van der Waals surface area contributed by atoms with Crippen molar-refractivity contribution in [1.29, 1.82) is 0 Å². The van der Waals surface area contributed by atoms with Crippen molar-refractivity contribution in [3.8, 4) is 0 Å². The lowest BCUT2D eigenvalue weighted by molar-refractivity contribution is 0.0591. The molecule has 0 spiro atoms. The molecule has 0 radical (unpaired) electrons. The average Bonchev–Trinajstić information content (AvgIpc) is 2.46. The van der Waals surface area contributed by atoms with Gasteiger partial charge >= 0.3 is 8.80 Å². The van der Waals surface area contributed by atoms with Crippen LogP contribution in [0.4, 0.5) is 0 Å². The van der Waals surface area contributed by atoms with Gasteiger partial charge in [-0.15, -0.1) is 0 Å². The van der Waals surface area contributed by atoms with E-state index < -0.39 is 8.80 Å². The molecular weight excluding hydrogens is 328 g/mol. The molecule has 0 bridgehead atoms. The molecule has 0 aromatic carbocycles. The van der Waals surface area contributed by atoms with Crippen LogP contribution in [-0.2, 0) is 18.0 Å². The molecule has 0 aliphatic rings. The van der Waals surface area contributed by atoms with Crippen molar-refractivity contribution in [3.05, 3.63) is 0 Å². The Bertz CT molecular complexity index is 296. The van der Waals surface area contributed by atoms with Crippen LogP contribution in [0.1, 0.15) is 73.6 Å². The second-order valence-electron chi connectivity index (χ2n) is 5.84. The lowest BCUT2D eigenvalue weighted by Gasteiger charge is -2.35. The predicted octanol–water partition coefficient (Wildman–Crippen LogP) is 5.13. The van der Waals surface area contributed by atoms with Crippen molar-refractivity contribution in [2.75, 3.05) is 19.8 Å². The van der Waals surface area contributed by atoms with Gasteiger partial charge in [-0.3, -0.25) is 0 Å². The van der Waals surface area contributed by atoms with E-state index in [4.69, 9.17) is 30.2 Å². The van der Waals surface area contributed by atoms with Crippen molar-refractivity contribution < 1.29 is 18.0 Å². The van der Waals surface area contributed by atoms with Gasteiger partial charge in [0.2, 0.25) is 0 Å². The predicted molar refractivity (Wildman–Crippen MR) is 102 cm³/mol. The minimum atomic E-state index is -2.76. The second kappa shape index (κ2) is 13.3. The molecule has 0 aromatic heterocycles. The largest absolute Gasteiger partial charge is 0.504 e. The van der Waals surface area contributed by atoms with E-state index in [0.29, 0.717) is 31.3 Å². The van der Waals surface area contributed by atoms with Crippen LogP contribution in [0.2, 0.25) is 5.54 Å². The number of hydrogen-bond acceptors (Lipinski definition) is 5. The zero-order valence-electron chi connectivity index (χ0n) is 15.9. The maximum atomic E-state index is 6.09. The summed E-state index contributed by atoms with van der Waals surface area (Å²) in [6.07, 6.45) is 5.29. The summed E-state index contributed by atoms with van der Waals surface area (Å²) >= 11 is 5.44. The Hall–Kier alpha value is -0.0131. The van der Waals surface area contributed by atoms with Crippen LogP contribution in [0.25, 0.3) is 0 Å². The lowest BCUT2D eigenvalue weighted by Crippen LogP contribution is -2.51. The van der Waals surface area contributed by atoms with Crippen LogP contribution in [0.3, 0.4) is 0 Å². The topological polar surface area (TPSA) is 36.9 Å². The van der Waals surface area contributed by atoms with Crippen LogP contribution in [0.15, 0.2) is 0 Å². The van der Waals surface area contributed by atoms with Crippen LogP contribution in [-0.4, -0.2) is 39.8 Å². The van der Waals surface area contributed by atoms with Gasteiger partial charge in [0, 0.05) is 31.8 Å². The minimum absolute atomic E-state index is 0.0983. The Morgan fingerprint density at radius 1 is 0.913 bits per heavy atom. The van der Waals surface area contributed by atoms with Crippen molar-refractivity contribution in [1.82, 2.24) is 0 Å². The Labute approximate surface area is 149 Å². The minimum Gasteiger partial charge on any atom is -0.484 e. The SMILES string of the molecule is CCCCCC(CC(=S)OC(C)C)[Si](OCC)(OCC)OCC. The zero-order chi connectivity index (χ0) is 17.7. The molecule has 4 nitrogen and oxygen atoms in total. The molecule has 0 saturated carbocycles. The first kappa shape index (κ1) is 23.0. The number of thiocarbonyl (C=S) groups is 1. The third kappa shape index (κ3) is 9.15. The lowest BCUT2D eigenvalue weighted by atomic mass is 10.1. The number of hydrogen-bond donors (Lipinski definition) is 0. The van der Waals surface area contributed by atoms with Crippen molar-refractivity contribution in [3.63, 3.8) is 0 Å². The maximum Gasteiger partial charge on any atom is 0.504 e. The van der Waals surface area contributed by atoms with E-state index in [2.05, 4.69) is 6.92 Å². The van der Waals surface area contributed by atoms with E-state index >= 15 is 0 Å². The molecule has 0 N–H and O–H groups in total. The van der Waals surface area contributed by atoms with E-state index in [0.717, 1.165) is 12.8 Å². The van der Waals surface area contributed by atoms with Crippen molar-refractivity contribution >= 4 is 26.1 Å². The van der Waals surface area contributed by atoms with Gasteiger partial charge in [-0.25, -0.2) is 0 Å². The summed E-state index contributed by atoms with van der Waals surface area (Å²) in [6.45, 7) is 14.0. The van der Waals surface area contributed by atoms with Gasteiger partial charge in [0.05, 0.1) is 6.10 Å². The Kier molecular flexibility index (Phi) is 13.3. The Balaban J connectivity index is 5.21. The van der Waals surface area contributed by atoms with Gasteiger partial charge in [-0.1, -0.05) is 26.2 Å². The summed E-state index contributed by atoms with van der Waals surface area (Å²) in [5, 5.41) is 0.637. The first-order chi connectivity index (χ1) is 11.0. The number of rotatable bonds is 14. The summed E-state index contributed by atoms with van der Waals surface area (Å²) in [4.78, 5) is 0. The maximum absolute atomic E-state index is 6.09. The number of unbranched alkanes of at least 4 members (excludes halogenated alkanes) is 2. The summed E-state index contributed by atoms with van der Waals surface area (Å²) in [5.74, 6) is 0. The van der Waals surface area contributed by atoms with Crippen LogP contribution < -0.4 is 0 Å². The molecule has 1 unspecified atom stereocenters. The highest BCUT2D eigenvalue weighted by Gasteiger charge is 2.49. The third-order valence-electron chi connectivity index (χ3n) is 3.47. The Morgan fingerprint density at radius 2 is 1.43 bits per heavy atom. The highest BCUT2D eigenvalue weighted by Crippen LogP contribution is 2.35. The van der Waals surface area contributed by atoms with Crippen LogP contribution >= 0.6 is 12.2 Å². The third-order valence-corrected chi connectivity index (χ3v) is 7.30. The molecule has 0 heterocycles. The second-order valence-corrected chi connectivity index (χ2v) is 9.18. The average molecular weight is 365 g/mol. The van der Waals surface area contributed by atoms with Crippen LogP contribution in [0.5, 0.6) is 0 Å². The van der Waals surface area contributed by atoms with Gasteiger partial charge < -0.3 is 18.0 Å². The fourth-order valence-electron chi connectivity index (χ4n) is 2.64. The van der Waals surface area contributed by atoms with Gasteiger partial charge in [0.1, 0.15) is 0 Å². The van der Waals surface area contributed by atoms with E-state index in [-0.39, 0.29) is 11.6 Å². The van der Waals surface area contributed by atoms with Crippen LogP contribution in [0, 0.1) is 0 Å². The Morgan fingerprint density at radius 3 is 1.83 bits per heavy atom. The van der Waals surface area contributed by atoms with E-state index in [1.54, 1.807) is 0 Å². The van der Waals surface area contributed by atoms with E-state index in [9.17, 15) is 0 Å². The molecule has 0 saturated heterocycles.